The molecule has 12 nitrogen and oxygen atoms in total. The van der Waals surface area contributed by atoms with E-state index in [-0.39, 0.29) is 32.7 Å². The Bertz CT molecular complexity index is 1360. The minimum absolute atomic E-state index is 0.0235. The number of carbonyl (C=O) groups is 3. The first-order valence-corrected chi connectivity index (χ1v) is 15.3. The van der Waals surface area contributed by atoms with Gasteiger partial charge in [-0.3, -0.25) is 19.5 Å². The van der Waals surface area contributed by atoms with Crippen LogP contribution in [0.15, 0.2) is 39.1 Å². The van der Waals surface area contributed by atoms with Crippen molar-refractivity contribution in [3.63, 3.8) is 0 Å². The number of amides is 2. The number of hydrogen-bond acceptors (Lipinski definition) is 13. The third-order valence-electron chi connectivity index (χ3n) is 5.48. The molecule has 0 spiro atoms. The Balaban J connectivity index is 1.50. The highest BCUT2D eigenvalue weighted by Crippen LogP contribution is 2.45. The Hall–Kier alpha value is -2.57. The maximum Gasteiger partial charge on any atom is 0.276 e. The fraction of sp³-hybridized carbons (Fsp3) is 0.333. The number of alkyl halides is 1. The van der Waals surface area contributed by atoms with E-state index >= 15 is 0 Å². The maximum absolute atomic E-state index is 13.0. The van der Waals surface area contributed by atoms with E-state index < -0.39 is 41.6 Å². The quantitative estimate of drug-likeness (QED) is 0.112. The van der Waals surface area contributed by atoms with Crippen LogP contribution >= 0.6 is 58.2 Å². The normalized spacial score (nSPS) is 19.9. The summed E-state index contributed by atoms with van der Waals surface area (Å²) in [5.74, 6) is -1.87. The number of thiazole rings is 1. The average Bonchev–Trinajstić information content (AvgIpc) is 3.25. The largest absolute Gasteiger partial charge is 0.543 e. The molecule has 39 heavy (non-hydrogen) atoms. The number of nitrogens with one attached hydrogen (secondary N) is 1. The molecule has 0 aliphatic carbocycles. The first kappa shape index (κ1) is 29.4. The van der Waals surface area contributed by atoms with Crippen LogP contribution in [-0.2, 0) is 20.1 Å². The topological polar surface area (TPSA) is 202 Å². The number of carbonyl (C=O) groups excluding carboxylic acids is 3. The van der Waals surface area contributed by atoms with Crippen LogP contribution in [0, 0.1) is 0 Å². The van der Waals surface area contributed by atoms with Gasteiger partial charge in [0.1, 0.15) is 34.2 Å². The molecule has 18 heteroatoms. The van der Waals surface area contributed by atoms with Crippen molar-refractivity contribution in [2.75, 3.05) is 23.9 Å². The number of aliphatic carboxylic acids is 1. The van der Waals surface area contributed by atoms with E-state index in [2.05, 4.69) is 26.2 Å². The Labute approximate surface area is 242 Å². The Morgan fingerprint density at radius 2 is 2.26 bits per heavy atom. The van der Waals surface area contributed by atoms with Crippen LogP contribution in [0.1, 0.15) is 11.3 Å². The molecule has 0 saturated carbocycles. The van der Waals surface area contributed by atoms with Gasteiger partial charge in [0.2, 0.25) is 0 Å². The standard InChI is InChI=1S/C21H21ClFN7O5S4/c22-16-12(28-21(25)39-16)13(29-35)17(31)27-14-18(32)30-15(20(33)34)11(7-37-19(14)30)38-10-1-2-26-4-8(10)5-36-6-9(24)3-23/h1-2,4,9,14,19,35H,3,5-7,24H2,(H2,25,28)(H,27,31)(H,33,34)/b29-13-/t9-,14-,19-/m1/s1. The summed E-state index contributed by atoms with van der Waals surface area (Å²) in [6.45, 7) is -0.519. The van der Waals surface area contributed by atoms with Crippen LogP contribution in [0.2, 0.25) is 4.34 Å². The van der Waals surface area contributed by atoms with Crippen molar-refractivity contribution in [1.29, 1.82) is 0 Å². The SMILES string of the molecule is Nc1nc(/C(=N/O)C(=O)N[C@@H]2C(=O)N3C(C(=O)[O-])=C(Sc4ccncc4CSC[C@H]([NH3+])CF)CS[C@H]23)c(Cl)s1. The number of rotatable bonds is 11. The highest BCUT2D eigenvalue weighted by Gasteiger charge is 2.53. The molecular formula is C21H21ClFN7O5S4. The van der Waals surface area contributed by atoms with Gasteiger partial charge < -0.3 is 31.9 Å². The van der Waals surface area contributed by atoms with Crippen LogP contribution in [0.3, 0.4) is 0 Å². The number of hydrogen-bond donors (Lipinski definition) is 4. The summed E-state index contributed by atoms with van der Waals surface area (Å²) >= 11 is 10.8. The number of nitrogens with two attached hydrogens (primary N) is 1. The van der Waals surface area contributed by atoms with Gasteiger partial charge in [0.05, 0.1) is 11.7 Å². The van der Waals surface area contributed by atoms with Gasteiger partial charge in [-0.2, -0.15) is 11.8 Å². The van der Waals surface area contributed by atoms with Gasteiger partial charge >= 0.3 is 0 Å². The average molecular weight is 634 g/mol. The number of quaternary nitrogens is 1. The van der Waals surface area contributed by atoms with E-state index in [1.807, 2.05) is 0 Å². The molecule has 7 N–H and O–H groups in total. The number of β-lactam (4-membered cyclic amide) rings is 1. The third-order valence-corrected chi connectivity index (χ3v) is 10.4. The molecule has 0 bridgehead atoms. The molecule has 2 amide bonds. The highest BCUT2D eigenvalue weighted by molar-refractivity contribution is 8.06. The first-order chi connectivity index (χ1) is 18.7. The molecule has 1 fully saturated rings. The maximum atomic E-state index is 13.0. The molecule has 4 heterocycles. The second-order valence-electron chi connectivity index (χ2n) is 8.16. The van der Waals surface area contributed by atoms with E-state index in [0.29, 0.717) is 16.4 Å². The van der Waals surface area contributed by atoms with Crippen LogP contribution in [0.5, 0.6) is 0 Å². The van der Waals surface area contributed by atoms with E-state index in [4.69, 9.17) is 17.3 Å². The summed E-state index contributed by atoms with van der Waals surface area (Å²) in [5, 5.41) is 26.2. The summed E-state index contributed by atoms with van der Waals surface area (Å²) in [6.07, 6.45) is 3.23. The van der Waals surface area contributed by atoms with E-state index in [9.17, 15) is 29.1 Å². The van der Waals surface area contributed by atoms with Crippen molar-refractivity contribution in [2.24, 2.45) is 5.16 Å². The zero-order valence-corrected chi connectivity index (χ0v) is 23.9. The number of thioether (sulfide) groups is 3. The van der Waals surface area contributed by atoms with Gasteiger partial charge in [-0.1, -0.05) is 39.9 Å². The lowest BCUT2D eigenvalue weighted by Crippen LogP contribution is -2.71. The number of anilines is 1. The smallest absolute Gasteiger partial charge is 0.276 e. The molecule has 3 atom stereocenters. The number of nitrogens with zero attached hydrogens (tertiary/aromatic N) is 4. The minimum Gasteiger partial charge on any atom is -0.543 e. The molecule has 2 aliphatic heterocycles. The lowest BCUT2D eigenvalue weighted by Gasteiger charge is -2.50. The van der Waals surface area contributed by atoms with Crippen molar-refractivity contribution in [2.45, 2.75) is 28.1 Å². The molecular weight excluding hydrogens is 613 g/mol. The second kappa shape index (κ2) is 12.7. The molecule has 2 aromatic rings. The zero-order chi connectivity index (χ0) is 28.3. The van der Waals surface area contributed by atoms with Crippen molar-refractivity contribution in [3.05, 3.63) is 44.7 Å². The van der Waals surface area contributed by atoms with Gasteiger partial charge in [-0.15, -0.1) is 11.8 Å². The van der Waals surface area contributed by atoms with Crippen LogP contribution < -0.4 is 21.9 Å². The van der Waals surface area contributed by atoms with Crippen LogP contribution in [0.25, 0.3) is 0 Å². The molecule has 208 valence electrons. The highest BCUT2D eigenvalue weighted by atomic mass is 35.5. The Morgan fingerprint density at radius 1 is 1.49 bits per heavy atom. The van der Waals surface area contributed by atoms with Crippen molar-refractivity contribution >= 4 is 86.9 Å². The fourth-order valence-corrected chi connectivity index (χ4v) is 8.24. The van der Waals surface area contributed by atoms with Gasteiger partial charge in [0.25, 0.3) is 11.8 Å². The van der Waals surface area contributed by atoms with Gasteiger partial charge in [0, 0.05) is 39.5 Å². The number of pyridine rings is 1. The lowest BCUT2D eigenvalue weighted by molar-refractivity contribution is -0.413. The Kier molecular flexibility index (Phi) is 9.60. The second-order valence-corrected chi connectivity index (χ2v) is 13.1. The van der Waals surface area contributed by atoms with E-state index in [1.54, 1.807) is 18.5 Å². The fourth-order valence-electron chi connectivity index (χ4n) is 3.67. The molecule has 0 radical (unpaired) electrons. The number of carboxylic acid groups (broad SMARTS) is 1. The number of carboxylic acids is 1. The predicted octanol–water partition coefficient (Wildman–Crippen LogP) is -0.0811. The Morgan fingerprint density at radius 3 is 2.90 bits per heavy atom. The minimum atomic E-state index is -1.53. The molecule has 2 aliphatic rings. The zero-order valence-electron chi connectivity index (χ0n) is 19.8. The first-order valence-electron chi connectivity index (χ1n) is 11.1. The summed E-state index contributed by atoms with van der Waals surface area (Å²) < 4.78 is 12.8. The van der Waals surface area contributed by atoms with Crippen molar-refractivity contribution in [1.82, 2.24) is 20.2 Å². The van der Waals surface area contributed by atoms with Gasteiger partial charge in [0.15, 0.2) is 10.8 Å². The number of nitrogen functional groups attached to an aromatic ring is 1. The molecule has 2 aromatic heterocycles. The molecule has 1 saturated heterocycles. The number of halogens is 2. The molecule has 0 aromatic carbocycles. The summed E-state index contributed by atoms with van der Waals surface area (Å²) in [5.41, 5.74) is 9.18. The molecule has 4 rings (SSSR count). The van der Waals surface area contributed by atoms with Crippen molar-refractivity contribution in [3.8, 4) is 0 Å². The van der Waals surface area contributed by atoms with Gasteiger partial charge in [-0.25, -0.2) is 9.37 Å². The molecule has 0 unspecified atom stereocenters. The summed E-state index contributed by atoms with van der Waals surface area (Å²) in [6, 6.07) is 0.319. The lowest BCUT2D eigenvalue weighted by atomic mass is 10.0. The summed E-state index contributed by atoms with van der Waals surface area (Å²) in [7, 11) is 0. The predicted molar refractivity (Wildman–Crippen MR) is 146 cm³/mol. The van der Waals surface area contributed by atoms with Crippen LogP contribution in [0.4, 0.5) is 9.52 Å². The van der Waals surface area contributed by atoms with Crippen LogP contribution in [-0.4, -0.2) is 79.2 Å². The van der Waals surface area contributed by atoms with E-state index in [0.717, 1.165) is 26.7 Å². The number of fused-ring (bicyclic) bond motifs is 1. The van der Waals surface area contributed by atoms with Crippen molar-refractivity contribution < 1.29 is 34.8 Å². The third kappa shape index (κ3) is 6.28. The number of aromatic nitrogens is 2. The number of oxime groups is 1. The summed E-state index contributed by atoms with van der Waals surface area (Å²) in [4.78, 5) is 48.1. The van der Waals surface area contributed by atoms with E-state index in [1.165, 1.54) is 35.3 Å². The monoisotopic (exact) mass is 633 g/mol. The van der Waals surface area contributed by atoms with Gasteiger partial charge in [-0.05, 0) is 11.6 Å².